The van der Waals surface area contributed by atoms with Crippen molar-refractivity contribution in [3.8, 4) is 6.07 Å². The Morgan fingerprint density at radius 1 is 1.56 bits per heavy atom. The highest BCUT2D eigenvalue weighted by Gasteiger charge is 2.36. The fourth-order valence-electron chi connectivity index (χ4n) is 1.96. The maximum Gasteiger partial charge on any atom is 0.345 e. The zero-order valence-corrected chi connectivity index (χ0v) is 11.9. The summed E-state index contributed by atoms with van der Waals surface area (Å²) in [6.07, 6.45) is 2.47. The van der Waals surface area contributed by atoms with E-state index in [4.69, 9.17) is 14.5 Å². The molecule has 1 heterocycles. The molecule has 1 aliphatic rings. The van der Waals surface area contributed by atoms with Crippen molar-refractivity contribution in [1.82, 2.24) is 0 Å². The molecule has 0 bridgehead atoms. The van der Waals surface area contributed by atoms with Crippen molar-refractivity contribution in [2.45, 2.75) is 51.3 Å². The molecular formula is C12H22NO4P. The Morgan fingerprint density at radius 3 is 2.67 bits per heavy atom. The second-order valence-corrected chi connectivity index (χ2v) is 6.79. The van der Waals surface area contributed by atoms with Crippen molar-refractivity contribution in [2.24, 2.45) is 5.92 Å². The molecule has 18 heavy (non-hydrogen) atoms. The molecule has 0 aromatic carbocycles. The number of rotatable bonds is 6. The van der Waals surface area contributed by atoms with Crippen molar-refractivity contribution in [1.29, 1.82) is 5.26 Å². The lowest BCUT2D eigenvalue weighted by Gasteiger charge is -2.26. The van der Waals surface area contributed by atoms with E-state index in [0.29, 0.717) is 26.1 Å². The van der Waals surface area contributed by atoms with Crippen molar-refractivity contribution < 1.29 is 18.7 Å². The summed E-state index contributed by atoms with van der Waals surface area (Å²) in [6, 6.07) is 1.94. The monoisotopic (exact) mass is 275 g/mol. The van der Waals surface area contributed by atoms with Crippen LogP contribution in [0.1, 0.15) is 39.5 Å². The summed E-state index contributed by atoms with van der Waals surface area (Å²) < 4.78 is 22.4. The zero-order chi connectivity index (χ0) is 13.6. The fourth-order valence-corrected chi connectivity index (χ4v) is 3.48. The Kier molecular flexibility index (Phi) is 6.31. The molecule has 0 amide bonds. The smallest absolute Gasteiger partial charge is 0.345 e. The first-order valence-electron chi connectivity index (χ1n) is 6.47. The molecule has 3 unspecified atom stereocenters. The summed E-state index contributed by atoms with van der Waals surface area (Å²) in [5, 5.41) is 9.08. The van der Waals surface area contributed by atoms with Crippen LogP contribution in [0.25, 0.3) is 0 Å². The number of ether oxygens (including phenoxy) is 1. The van der Waals surface area contributed by atoms with Gasteiger partial charge in [0, 0.05) is 13.2 Å². The largest absolute Gasteiger partial charge is 0.381 e. The number of hydrogen-bond donors (Lipinski definition) is 1. The van der Waals surface area contributed by atoms with Crippen LogP contribution in [0.2, 0.25) is 0 Å². The zero-order valence-electron chi connectivity index (χ0n) is 11.0. The van der Waals surface area contributed by atoms with Gasteiger partial charge in [-0.2, -0.15) is 5.26 Å². The summed E-state index contributed by atoms with van der Waals surface area (Å²) in [5.41, 5.74) is -0.922. The van der Waals surface area contributed by atoms with Crippen molar-refractivity contribution >= 4 is 7.60 Å². The first-order valence-corrected chi connectivity index (χ1v) is 8.12. The van der Waals surface area contributed by atoms with Crippen LogP contribution in [-0.2, 0) is 13.8 Å². The van der Waals surface area contributed by atoms with Gasteiger partial charge < -0.3 is 14.2 Å². The highest BCUT2D eigenvalue weighted by atomic mass is 31.2. The quantitative estimate of drug-likeness (QED) is 0.754. The van der Waals surface area contributed by atoms with Gasteiger partial charge in [-0.15, -0.1) is 0 Å². The summed E-state index contributed by atoms with van der Waals surface area (Å²) >= 11 is 0. The molecule has 1 saturated heterocycles. The van der Waals surface area contributed by atoms with Gasteiger partial charge in [0.05, 0.1) is 12.2 Å². The molecule has 0 spiro atoms. The van der Waals surface area contributed by atoms with E-state index in [1.165, 1.54) is 0 Å². The van der Waals surface area contributed by atoms with E-state index >= 15 is 0 Å². The predicted molar refractivity (Wildman–Crippen MR) is 68.2 cm³/mol. The molecule has 0 aromatic rings. The Morgan fingerprint density at radius 2 is 2.17 bits per heavy atom. The Balaban J connectivity index is 2.58. The van der Waals surface area contributed by atoms with E-state index in [-0.39, 0.29) is 12.0 Å². The summed E-state index contributed by atoms with van der Waals surface area (Å²) in [7, 11) is -3.84. The highest BCUT2D eigenvalue weighted by molar-refractivity contribution is 7.54. The van der Waals surface area contributed by atoms with Gasteiger partial charge in [0.15, 0.2) is 0 Å². The van der Waals surface area contributed by atoms with Gasteiger partial charge in [-0.25, -0.2) is 0 Å². The fraction of sp³-hybridized carbons (Fsp3) is 0.917. The van der Waals surface area contributed by atoms with Crippen LogP contribution in [0.5, 0.6) is 0 Å². The lowest BCUT2D eigenvalue weighted by molar-refractivity contribution is 0.0635. The van der Waals surface area contributed by atoms with Crippen LogP contribution < -0.4 is 0 Å². The Bertz CT molecular complexity index is 335. The molecule has 6 heteroatoms. The molecule has 0 aliphatic carbocycles. The SMILES string of the molecule is CCC(C)OP(=O)(O)C(C#N)CC1CCOCC1. The number of nitriles is 1. The lowest BCUT2D eigenvalue weighted by Crippen LogP contribution is -2.22. The van der Waals surface area contributed by atoms with E-state index in [9.17, 15) is 9.46 Å². The third kappa shape index (κ3) is 4.70. The minimum atomic E-state index is -3.84. The predicted octanol–water partition coefficient (Wildman–Crippen LogP) is 2.70. The van der Waals surface area contributed by atoms with Gasteiger partial charge in [0.1, 0.15) is 5.66 Å². The molecule has 3 atom stereocenters. The normalized spacial score (nSPS) is 23.9. The molecule has 0 radical (unpaired) electrons. The molecule has 0 aromatic heterocycles. The third-order valence-electron chi connectivity index (χ3n) is 3.35. The van der Waals surface area contributed by atoms with Crippen molar-refractivity contribution in [3.63, 3.8) is 0 Å². The van der Waals surface area contributed by atoms with Gasteiger partial charge in [-0.3, -0.25) is 4.57 Å². The Labute approximate surface area is 109 Å². The van der Waals surface area contributed by atoms with Gasteiger partial charge >= 0.3 is 7.60 Å². The summed E-state index contributed by atoms with van der Waals surface area (Å²) in [6.45, 7) is 4.96. The highest BCUT2D eigenvalue weighted by Crippen LogP contribution is 2.51. The maximum atomic E-state index is 12.1. The first-order chi connectivity index (χ1) is 8.49. The third-order valence-corrected chi connectivity index (χ3v) is 5.12. The van der Waals surface area contributed by atoms with Crippen LogP contribution in [0, 0.1) is 17.2 Å². The summed E-state index contributed by atoms with van der Waals surface area (Å²) in [4.78, 5) is 9.89. The van der Waals surface area contributed by atoms with E-state index in [2.05, 4.69) is 0 Å². The van der Waals surface area contributed by atoms with Crippen LogP contribution in [0.15, 0.2) is 0 Å². The van der Waals surface area contributed by atoms with Crippen LogP contribution in [0.3, 0.4) is 0 Å². The topological polar surface area (TPSA) is 79.5 Å². The van der Waals surface area contributed by atoms with Crippen molar-refractivity contribution in [3.05, 3.63) is 0 Å². The number of hydrogen-bond acceptors (Lipinski definition) is 4. The molecule has 104 valence electrons. The van der Waals surface area contributed by atoms with Gasteiger partial charge in [0.2, 0.25) is 0 Å². The minimum absolute atomic E-state index is 0.282. The minimum Gasteiger partial charge on any atom is -0.381 e. The van der Waals surface area contributed by atoms with Crippen LogP contribution in [0.4, 0.5) is 0 Å². The Hall–Kier alpha value is -0.400. The lowest BCUT2D eigenvalue weighted by atomic mass is 9.95. The van der Waals surface area contributed by atoms with E-state index in [1.54, 1.807) is 6.92 Å². The van der Waals surface area contributed by atoms with E-state index in [1.807, 2.05) is 13.0 Å². The average molecular weight is 275 g/mol. The molecule has 1 fully saturated rings. The van der Waals surface area contributed by atoms with Crippen LogP contribution in [-0.4, -0.2) is 29.9 Å². The van der Waals surface area contributed by atoms with Crippen molar-refractivity contribution in [2.75, 3.05) is 13.2 Å². The maximum absolute atomic E-state index is 12.1. The molecule has 1 aliphatic heterocycles. The van der Waals surface area contributed by atoms with Gasteiger partial charge in [0.25, 0.3) is 0 Å². The number of nitrogens with zero attached hydrogens (tertiary/aromatic N) is 1. The van der Waals surface area contributed by atoms with E-state index in [0.717, 1.165) is 12.8 Å². The molecule has 0 saturated carbocycles. The van der Waals surface area contributed by atoms with Gasteiger partial charge in [-0.1, -0.05) is 6.92 Å². The average Bonchev–Trinajstić information content (AvgIpc) is 2.36. The molecule has 1 rings (SSSR count). The van der Waals surface area contributed by atoms with Crippen LogP contribution >= 0.6 is 7.60 Å². The second kappa shape index (κ2) is 7.25. The molecule has 5 nitrogen and oxygen atoms in total. The molecular weight excluding hydrogens is 253 g/mol. The molecule has 1 N–H and O–H groups in total. The second-order valence-electron chi connectivity index (χ2n) is 4.82. The summed E-state index contributed by atoms with van der Waals surface area (Å²) in [5.74, 6) is 0.282. The van der Waals surface area contributed by atoms with Gasteiger partial charge in [-0.05, 0) is 38.5 Å². The standard InChI is InChI=1S/C12H22NO4P/c1-3-10(2)17-18(14,15)12(9-13)8-11-4-6-16-7-5-11/h10-12H,3-8H2,1-2H3,(H,14,15). The van der Waals surface area contributed by atoms with E-state index < -0.39 is 13.3 Å². The first kappa shape index (κ1) is 15.7.